The van der Waals surface area contributed by atoms with Crippen molar-refractivity contribution in [1.29, 1.82) is 0 Å². The summed E-state index contributed by atoms with van der Waals surface area (Å²) in [5, 5.41) is 16.6. The summed E-state index contributed by atoms with van der Waals surface area (Å²) < 4.78 is 2.02. The van der Waals surface area contributed by atoms with Gasteiger partial charge in [-0.1, -0.05) is 0 Å². The Morgan fingerprint density at radius 1 is 1.00 bits per heavy atom. The SMILES string of the molecule is Cn1c(=O)c2[nH]c(N=Nc3c(O)[nH]c(=O)[nH]c3=O)nc2n(C)c1=O. The number of aromatic amines is 3. The third-order valence-corrected chi connectivity index (χ3v) is 3.23. The summed E-state index contributed by atoms with van der Waals surface area (Å²) in [5.74, 6) is -0.944. The van der Waals surface area contributed by atoms with Crippen LogP contribution in [0.1, 0.15) is 0 Å². The van der Waals surface area contributed by atoms with E-state index in [9.17, 15) is 24.3 Å². The number of fused-ring (bicyclic) bond motifs is 1. The highest BCUT2D eigenvalue weighted by Gasteiger charge is 2.14. The fraction of sp³-hybridized carbons (Fsp3) is 0.182. The van der Waals surface area contributed by atoms with Crippen molar-refractivity contribution in [3.05, 3.63) is 41.7 Å². The molecular weight excluding hydrogens is 324 g/mol. The predicted molar refractivity (Wildman–Crippen MR) is 80.1 cm³/mol. The molecule has 124 valence electrons. The Morgan fingerprint density at radius 2 is 1.71 bits per heavy atom. The summed E-state index contributed by atoms with van der Waals surface area (Å²) in [5.41, 5.74) is -3.51. The Hall–Kier alpha value is -3.77. The van der Waals surface area contributed by atoms with E-state index >= 15 is 0 Å². The van der Waals surface area contributed by atoms with Gasteiger partial charge in [0.25, 0.3) is 11.1 Å². The van der Waals surface area contributed by atoms with E-state index in [0.29, 0.717) is 0 Å². The molecule has 3 aromatic rings. The van der Waals surface area contributed by atoms with Crippen molar-refractivity contribution >= 4 is 22.8 Å². The molecule has 0 aliphatic heterocycles. The third-order valence-electron chi connectivity index (χ3n) is 3.23. The molecule has 0 spiro atoms. The van der Waals surface area contributed by atoms with Crippen LogP contribution in [0.15, 0.2) is 29.4 Å². The highest BCUT2D eigenvalue weighted by atomic mass is 16.3. The second-order valence-corrected chi connectivity index (χ2v) is 4.77. The first-order chi connectivity index (χ1) is 11.3. The summed E-state index contributed by atoms with van der Waals surface area (Å²) >= 11 is 0. The molecule has 3 rings (SSSR count). The van der Waals surface area contributed by atoms with Gasteiger partial charge in [0.15, 0.2) is 11.2 Å². The third kappa shape index (κ3) is 2.23. The van der Waals surface area contributed by atoms with E-state index in [4.69, 9.17) is 0 Å². The average molecular weight is 334 g/mol. The van der Waals surface area contributed by atoms with E-state index in [0.717, 1.165) is 9.13 Å². The fourth-order valence-corrected chi connectivity index (χ4v) is 2.02. The topological polar surface area (TPSA) is 183 Å². The lowest BCUT2D eigenvalue weighted by Crippen LogP contribution is -2.36. The van der Waals surface area contributed by atoms with Crippen molar-refractivity contribution in [2.24, 2.45) is 24.3 Å². The number of nitrogens with zero attached hydrogens (tertiary/aromatic N) is 5. The van der Waals surface area contributed by atoms with Crippen molar-refractivity contribution < 1.29 is 5.11 Å². The molecule has 0 atom stereocenters. The van der Waals surface area contributed by atoms with Crippen LogP contribution in [0.5, 0.6) is 5.88 Å². The zero-order chi connectivity index (χ0) is 17.6. The standard InChI is InChI=1S/C11H10N8O5/c1-18-5-3(8(22)19(2)11(18)24)12-9(13-5)17-16-4-6(20)14-10(23)15-7(4)21/h1-2H3,(H,12,13)(H3,14,15,20,21,23). The number of imidazole rings is 1. The predicted octanol–water partition coefficient (Wildman–Crippen LogP) is -1.54. The highest BCUT2D eigenvalue weighted by molar-refractivity contribution is 5.71. The first-order valence-corrected chi connectivity index (χ1v) is 6.42. The first kappa shape index (κ1) is 15.1. The van der Waals surface area contributed by atoms with Crippen LogP contribution in [0.4, 0.5) is 11.6 Å². The minimum Gasteiger partial charge on any atom is -0.493 e. The number of aryl methyl sites for hydroxylation is 1. The van der Waals surface area contributed by atoms with E-state index in [1.54, 1.807) is 0 Å². The number of aromatic nitrogens is 6. The van der Waals surface area contributed by atoms with E-state index in [1.165, 1.54) is 14.1 Å². The van der Waals surface area contributed by atoms with Crippen LogP contribution < -0.4 is 22.5 Å². The molecule has 0 amide bonds. The molecular formula is C11H10N8O5. The second kappa shape index (κ2) is 5.15. The van der Waals surface area contributed by atoms with E-state index < -0.39 is 34.1 Å². The zero-order valence-corrected chi connectivity index (χ0v) is 12.3. The van der Waals surface area contributed by atoms with Gasteiger partial charge in [0.05, 0.1) is 0 Å². The Labute approximate surface area is 130 Å². The van der Waals surface area contributed by atoms with Gasteiger partial charge in [0.2, 0.25) is 17.5 Å². The minimum atomic E-state index is -0.959. The van der Waals surface area contributed by atoms with Crippen molar-refractivity contribution in [1.82, 2.24) is 29.1 Å². The molecule has 0 aromatic carbocycles. The summed E-state index contributed by atoms with van der Waals surface area (Å²) in [7, 11) is 2.73. The van der Waals surface area contributed by atoms with E-state index in [1.807, 2.05) is 9.97 Å². The number of rotatable bonds is 2. The van der Waals surface area contributed by atoms with E-state index in [-0.39, 0.29) is 17.1 Å². The lowest BCUT2D eigenvalue weighted by atomic mass is 10.5. The molecule has 0 radical (unpaired) electrons. The number of nitrogens with one attached hydrogen (secondary N) is 3. The van der Waals surface area contributed by atoms with E-state index in [2.05, 4.69) is 20.2 Å². The Bertz CT molecular complexity index is 1220. The number of hydrogen-bond acceptors (Lipinski definition) is 8. The zero-order valence-electron chi connectivity index (χ0n) is 12.3. The maximum Gasteiger partial charge on any atom is 0.332 e. The number of aromatic hydroxyl groups is 1. The summed E-state index contributed by atoms with van der Waals surface area (Å²) in [4.78, 5) is 56.6. The van der Waals surface area contributed by atoms with Gasteiger partial charge in [-0.3, -0.25) is 28.7 Å². The van der Waals surface area contributed by atoms with Crippen molar-refractivity contribution in [3.63, 3.8) is 0 Å². The molecule has 0 unspecified atom stereocenters. The van der Waals surface area contributed by atoms with Gasteiger partial charge in [-0.05, 0) is 0 Å². The Morgan fingerprint density at radius 3 is 2.38 bits per heavy atom. The van der Waals surface area contributed by atoms with Crippen molar-refractivity contribution in [3.8, 4) is 5.88 Å². The lowest BCUT2D eigenvalue weighted by Gasteiger charge is -2.00. The van der Waals surface area contributed by atoms with Gasteiger partial charge in [-0.15, -0.1) is 10.2 Å². The van der Waals surface area contributed by atoms with Gasteiger partial charge < -0.3 is 10.1 Å². The summed E-state index contributed by atoms with van der Waals surface area (Å²) in [6.07, 6.45) is 0. The molecule has 0 saturated heterocycles. The van der Waals surface area contributed by atoms with Crippen molar-refractivity contribution in [2.45, 2.75) is 0 Å². The van der Waals surface area contributed by atoms with Gasteiger partial charge in [0.1, 0.15) is 0 Å². The summed E-state index contributed by atoms with van der Waals surface area (Å²) in [6.45, 7) is 0. The molecule has 4 N–H and O–H groups in total. The molecule has 0 aliphatic carbocycles. The smallest absolute Gasteiger partial charge is 0.332 e. The molecule has 0 fully saturated rings. The molecule has 0 aliphatic rings. The Kier molecular flexibility index (Phi) is 3.25. The number of H-pyrrole nitrogens is 3. The van der Waals surface area contributed by atoms with Gasteiger partial charge >= 0.3 is 11.4 Å². The van der Waals surface area contributed by atoms with Gasteiger partial charge in [-0.2, -0.15) is 4.98 Å². The first-order valence-electron chi connectivity index (χ1n) is 6.42. The van der Waals surface area contributed by atoms with Gasteiger partial charge in [-0.25, -0.2) is 9.59 Å². The molecule has 13 heteroatoms. The quantitative estimate of drug-likeness (QED) is 0.411. The Balaban J connectivity index is 2.16. The van der Waals surface area contributed by atoms with Crippen LogP contribution >= 0.6 is 0 Å². The van der Waals surface area contributed by atoms with Gasteiger partial charge in [0, 0.05) is 14.1 Å². The fourth-order valence-electron chi connectivity index (χ4n) is 2.02. The normalized spacial score (nSPS) is 11.6. The maximum atomic E-state index is 12.0. The molecule has 0 saturated carbocycles. The maximum absolute atomic E-state index is 12.0. The average Bonchev–Trinajstić information content (AvgIpc) is 2.94. The number of hydrogen-bond donors (Lipinski definition) is 4. The summed E-state index contributed by atoms with van der Waals surface area (Å²) in [6, 6.07) is 0. The molecule has 13 nitrogen and oxygen atoms in total. The molecule has 24 heavy (non-hydrogen) atoms. The lowest BCUT2D eigenvalue weighted by molar-refractivity contribution is 0.450. The molecule has 0 bridgehead atoms. The minimum absolute atomic E-state index is 0.0214. The van der Waals surface area contributed by atoms with Crippen LogP contribution in [0.25, 0.3) is 11.2 Å². The second-order valence-electron chi connectivity index (χ2n) is 4.77. The largest absolute Gasteiger partial charge is 0.493 e. The van der Waals surface area contributed by atoms with Crippen molar-refractivity contribution in [2.75, 3.05) is 0 Å². The highest BCUT2D eigenvalue weighted by Crippen LogP contribution is 2.19. The monoisotopic (exact) mass is 334 g/mol. The molecule has 3 aromatic heterocycles. The van der Waals surface area contributed by atoms with Crippen LogP contribution in [0.3, 0.4) is 0 Å². The number of azo groups is 1. The van der Waals surface area contributed by atoms with Crippen LogP contribution in [-0.2, 0) is 14.1 Å². The van der Waals surface area contributed by atoms with Crippen LogP contribution in [0, 0.1) is 0 Å². The van der Waals surface area contributed by atoms with Crippen LogP contribution in [-0.4, -0.2) is 34.2 Å². The van der Waals surface area contributed by atoms with Crippen LogP contribution in [0.2, 0.25) is 0 Å². The molecule has 3 heterocycles.